The van der Waals surface area contributed by atoms with Gasteiger partial charge in [0, 0.05) is 38.9 Å². The van der Waals surface area contributed by atoms with Gasteiger partial charge in [-0.1, -0.05) is 27.6 Å². The van der Waals surface area contributed by atoms with Gasteiger partial charge in [-0.15, -0.1) is 0 Å². The molecule has 0 radical (unpaired) electrons. The van der Waals surface area contributed by atoms with Crippen LogP contribution < -0.4 is 0 Å². The first kappa shape index (κ1) is 16.0. The number of likely N-dealkylation sites (N-methyl/N-ethyl adjacent to an activating group) is 2. The maximum atomic E-state index is 11.9. The minimum Gasteiger partial charge on any atom is -0.345 e. The normalized spacial score (nSPS) is 10.9. The summed E-state index contributed by atoms with van der Waals surface area (Å²) in [5.74, 6) is 0.248. The van der Waals surface area contributed by atoms with Crippen LogP contribution in [0, 0.1) is 5.41 Å². The Labute approximate surface area is 106 Å². The summed E-state index contributed by atoms with van der Waals surface area (Å²) in [5.41, 5.74) is -0.360. The molecule has 0 aromatic heterocycles. The topological polar surface area (TPSA) is 40.6 Å². The summed E-state index contributed by atoms with van der Waals surface area (Å²) in [5, 5.41) is 0. The van der Waals surface area contributed by atoms with Gasteiger partial charge in [-0.2, -0.15) is 0 Å². The second-order valence-electron chi connectivity index (χ2n) is 5.54. The average Bonchev–Trinajstić information content (AvgIpc) is 2.23. The summed E-state index contributed by atoms with van der Waals surface area (Å²) in [6, 6.07) is 0. The van der Waals surface area contributed by atoms with E-state index in [2.05, 4.69) is 0 Å². The van der Waals surface area contributed by atoms with Crippen LogP contribution >= 0.6 is 0 Å². The van der Waals surface area contributed by atoms with Gasteiger partial charge in [0.1, 0.15) is 7.28 Å². The molecule has 0 rings (SSSR count). The van der Waals surface area contributed by atoms with Gasteiger partial charge in [-0.3, -0.25) is 9.59 Å². The number of hydrogen-bond donors (Lipinski definition) is 0. The molecule has 98 valence electrons. The molecule has 0 aromatic rings. The molecule has 0 bridgehead atoms. The summed E-state index contributed by atoms with van der Waals surface area (Å²) < 4.78 is 0. The molecule has 0 spiro atoms. The molecule has 0 aliphatic carbocycles. The van der Waals surface area contributed by atoms with Gasteiger partial charge >= 0.3 is 0 Å². The maximum Gasteiger partial charge on any atom is 0.227 e. The van der Waals surface area contributed by atoms with E-state index in [0.717, 1.165) is 7.28 Å². The van der Waals surface area contributed by atoms with Crippen LogP contribution in [0.2, 0.25) is 13.1 Å². The fraction of sp³-hybridized carbons (Fsp3) is 0.833. The van der Waals surface area contributed by atoms with Crippen molar-refractivity contribution in [3.63, 3.8) is 0 Å². The third-order valence-electron chi connectivity index (χ3n) is 2.65. The molecule has 0 aliphatic rings. The quantitative estimate of drug-likeness (QED) is 0.668. The fourth-order valence-electron chi connectivity index (χ4n) is 1.50. The van der Waals surface area contributed by atoms with Crippen molar-refractivity contribution in [2.24, 2.45) is 5.41 Å². The zero-order valence-corrected chi connectivity index (χ0v) is 12.0. The molecule has 0 saturated heterocycles. The minimum absolute atomic E-state index is 0.105. The average molecular weight is 240 g/mol. The van der Waals surface area contributed by atoms with Gasteiger partial charge in [-0.05, 0) is 0 Å². The van der Waals surface area contributed by atoms with Crippen molar-refractivity contribution >= 4 is 19.1 Å². The van der Waals surface area contributed by atoms with Crippen molar-refractivity contribution < 1.29 is 9.59 Å². The first-order chi connectivity index (χ1) is 7.70. The molecule has 2 amide bonds. The van der Waals surface area contributed by atoms with E-state index >= 15 is 0 Å². The third-order valence-corrected chi connectivity index (χ3v) is 2.65. The molecule has 0 unspecified atom stereocenters. The van der Waals surface area contributed by atoms with Crippen LogP contribution in [-0.4, -0.2) is 56.1 Å². The van der Waals surface area contributed by atoms with Crippen LogP contribution in [0.5, 0.6) is 0 Å². The molecule has 0 saturated carbocycles. The number of carbonyl (C=O) groups excluding carboxylic acids is 2. The van der Waals surface area contributed by atoms with E-state index in [4.69, 9.17) is 0 Å². The number of nitrogens with zero attached hydrogens (tertiary/aromatic N) is 2. The van der Waals surface area contributed by atoms with Gasteiger partial charge in [0.15, 0.2) is 0 Å². The molecule has 17 heavy (non-hydrogen) atoms. The Morgan fingerprint density at radius 3 is 1.94 bits per heavy atom. The highest BCUT2D eigenvalue weighted by Gasteiger charge is 2.24. The lowest BCUT2D eigenvalue weighted by atomic mass is 9.78. The highest BCUT2D eigenvalue weighted by molar-refractivity contribution is 6.39. The van der Waals surface area contributed by atoms with E-state index < -0.39 is 0 Å². The first-order valence-corrected chi connectivity index (χ1v) is 6.19. The van der Waals surface area contributed by atoms with Crippen LogP contribution in [0.4, 0.5) is 0 Å². The van der Waals surface area contributed by atoms with Crippen molar-refractivity contribution in [1.82, 2.24) is 9.80 Å². The smallest absolute Gasteiger partial charge is 0.227 e. The molecular weight excluding hydrogens is 215 g/mol. The Hall–Kier alpha value is -0.995. The Bertz CT molecular complexity index is 274. The fourth-order valence-corrected chi connectivity index (χ4v) is 1.50. The Morgan fingerprint density at radius 2 is 1.53 bits per heavy atom. The van der Waals surface area contributed by atoms with Gasteiger partial charge in [0.2, 0.25) is 11.8 Å². The molecule has 5 heteroatoms. The summed E-state index contributed by atoms with van der Waals surface area (Å²) in [4.78, 5) is 26.8. The van der Waals surface area contributed by atoms with Crippen molar-refractivity contribution in [3.8, 4) is 0 Å². The Morgan fingerprint density at radius 1 is 1.06 bits per heavy atom. The molecule has 0 atom stereocenters. The van der Waals surface area contributed by atoms with Gasteiger partial charge in [0.25, 0.3) is 0 Å². The van der Waals surface area contributed by atoms with Gasteiger partial charge in [0.05, 0.1) is 0 Å². The number of amides is 2. The van der Waals surface area contributed by atoms with E-state index in [1.807, 2.05) is 27.6 Å². The molecule has 0 heterocycles. The van der Waals surface area contributed by atoms with E-state index in [9.17, 15) is 9.59 Å². The number of hydrogen-bond acceptors (Lipinski definition) is 2. The molecule has 0 fully saturated rings. The predicted octanol–water partition coefficient (Wildman–Crippen LogP) is 0.852. The van der Waals surface area contributed by atoms with E-state index in [0.29, 0.717) is 19.4 Å². The van der Waals surface area contributed by atoms with E-state index in [1.54, 1.807) is 23.9 Å². The van der Waals surface area contributed by atoms with Crippen LogP contribution in [-0.2, 0) is 9.59 Å². The van der Waals surface area contributed by atoms with E-state index in [1.165, 1.54) is 0 Å². The van der Waals surface area contributed by atoms with Crippen LogP contribution in [0.25, 0.3) is 0 Å². The van der Waals surface area contributed by atoms with Crippen LogP contribution in [0.15, 0.2) is 0 Å². The first-order valence-electron chi connectivity index (χ1n) is 6.19. The number of rotatable bonds is 5. The largest absolute Gasteiger partial charge is 0.345 e. The molecule has 4 nitrogen and oxygen atoms in total. The Balaban J connectivity index is 4.12. The lowest BCUT2D eigenvalue weighted by Gasteiger charge is -2.27. The monoisotopic (exact) mass is 240 g/mol. The summed E-state index contributed by atoms with van der Waals surface area (Å²) in [6.07, 6.45) is 0.577. The zero-order chi connectivity index (χ0) is 13.6. The SMILES string of the molecule is CBCC(=O)N(C)CCN(C)C(=O)C(C)(C)C. The summed E-state index contributed by atoms with van der Waals surface area (Å²) >= 11 is 0. The van der Waals surface area contributed by atoms with Crippen molar-refractivity contribution in [1.29, 1.82) is 0 Å². The highest BCUT2D eigenvalue weighted by Crippen LogP contribution is 2.16. The lowest BCUT2D eigenvalue weighted by Crippen LogP contribution is -2.41. The van der Waals surface area contributed by atoms with E-state index in [-0.39, 0.29) is 17.2 Å². The molecule has 0 aliphatic heterocycles. The predicted molar refractivity (Wildman–Crippen MR) is 72.5 cm³/mol. The molecular formula is C12H25BN2O2. The lowest BCUT2D eigenvalue weighted by molar-refractivity contribution is -0.139. The maximum absolute atomic E-state index is 11.9. The Kier molecular flexibility index (Phi) is 6.28. The highest BCUT2D eigenvalue weighted by atomic mass is 16.2. The third kappa shape index (κ3) is 5.75. The van der Waals surface area contributed by atoms with Crippen LogP contribution in [0.1, 0.15) is 20.8 Å². The second kappa shape index (κ2) is 6.67. The van der Waals surface area contributed by atoms with Crippen molar-refractivity contribution in [2.45, 2.75) is 33.9 Å². The molecule has 0 N–H and O–H groups in total. The van der Waals surface area contributed by atoms with Crippen molar-refractivity contribution in [3.05, 3.63) is 0 Å². The molecule has 0 aromatic carbocycles. The van der Waals surface area contributed by atoms with Crippen molar-refractivity contribution in [2.75, 3.05) is 27.2 Å². The van der Waals surface area contributed by atoms with Gasteiger partial charge < -0.3 is 9.80 Å². The van der Waals surface area contributed by atoms with Gasteiger partial charge in [-0.25, -0.2) is 0 Å². The summed E-state index contributed by atoms with van der Waals surface area (Å²) in [7, 11) is 4.43. The zero-order valence-electron chi connectivity index (χ0n) is 12.0. The minimum atomic E-state index is -0.360. The summed E-state index contributed by atoms with van der Waals surface area (Å²) in [6.45, 7) is 8.87. The van der Waals surface area contributed by atoms with Crippen LogP contribution in [0.3, 0.4) is 0 Å². The second-order valence-corrected chi connectivity index (χ2v) is 5.54. The standard InChI is InChI=1S/C12H25BN2O2/c1-12(2,3)11(17)15(6)8-7-14(5)10(16)9-13-4/h13H,7-9H2,1-6H3. The number of carbonyl (C=O) groups is 2.